The number of carbonyl (C=O) groups is 1. The minimum Gasteiger partial charge on any atom is -0.446 e. The lowest BCUT2D eigenvalue weighted by molar-refractivity contribution is 0.0995. The van der Waals surface area contributed by atoms with E-state index in [0.29, 0.717) is 12.3 Å². The molecule has 0 aliphatic carbocycles. The van der Waals surface area contributed by atoms with Crippen molar-refractivity contribution in [1.29, 1.82) is 0 Å². The Morgan fingerprint density at radius 3 is 2.46 bits per heavy atom. The quantitative estimate of drug-likeness (QED) is 0.491. The number of aromatic nitrogens is 2. The Balaban J connectivity index is 1.60. The van der Waals surface area contributed by atoms with Crippen molar-refractivity contribution in [1.82, 2.24) is 9.97 Å². The number of amides is 1. The second-order valence-electron chi connectivity index (χ2n) is 6.23. The van der Waals surface area contributed by atoms with E-state index in [2.05, 4.69) is 15.3 Å². The Labute approximate surface area is 166 Å². The van der Waals surface area contributed by atoms with Crippen molar-refractivity contribution < 1.29 is 9.21 Å². The van der Waals surface area contributed by atoms with Gasteiger partial charge in [0.15, 0.2) is 10.8 Å². The number of hydrogen-bond donors (Lipinski definition) is 2. The summed E-state index contributed by atoms with van der Waals surface area (Å²) < 4.78 is 5.53. The fourth-order valence-corrected chi connectivity index (χ4v) is 3.61. The second kappa shape index (κ2) is 8.06. The first-order valence-corrected chi connectivity index (χ1v) is 9.63. The molecule has 0 aliphatic rings. The third-order valence-electron chi connectivity index (χ3n) is 4.23. The molecule has 1 amide bonds. The van der Waals surface area contributed by atoms with Crippen LogP contribution in [0.25, 0.3) is 11.3 Å². The molecule has 0 spiro atoms. The standard InChI is InChI=1S/C21H18N4O2S/c22-19(26)17-12-27-20(23-17)16(11-14-7-3-1-4-8-14)24-21-25-18(13-28-21)15-9-5-2-6-10-15/h1-10,12-13,16H,11H2,(H2,22,26)(H,24,25)/t16-/m0/s1. The third-order valence-corrected chi connectivity index (χ3v) is 5.00. The van der Waals surface area contributed by atoms with Crippen LogP contribution in [0, 0.1) is 0 Å². The van der Waals surface area contributed by atoms with Gasteiger partial charge in [-0.25, -0.2) is 9.97 Å². The Kier molecular flexibility index (Phi) is 5.16. The van der Waals surface area contributed by atoms with Gasteiger partial charge in [-0.15, -0.1) is 11.3 Å². The van der Waals surface area contributed by atoms with E-state index in [1.54, 1.807) is 0 Å². The van der Waals surface area contributed by atoms with Gasteiger partial charge >= 0.3 is 0 Å². The zero-order valence-corrected chi connectivity index (χ0v) is 15.7. The number of nitrogens with zero attached hydrogens (tertiary/aromatic N) is 2. The molecule has 0 fully saturated rings. The first kappa shape index (κ1) is 17.9. The zero-order valence-electron chi connectivity index (χ0n) is 14.9. The highest BCUT2D eigenvalue weighted by molar-refractivity contribution is 7.14. The topological polar surface area (TPSA) is 94.0 Å². The van der Waals surface area contributed by atoms with Crippen molar-refractivity contribution in [2.45, 2.75) is 12.5 Å². The van der Waals surface area contributed by atoms with Crippen molar-refractivity contribution in [2.24, 2.45) is 5.73 Å². The third kappa shape index (κ3) is 4.10. The first-order chi connectivity index (χ1) is 13.7. The minimum absolute atomic E-state index is 0.110. The largest absolute Gasteiger partial charge is 0.446 e. The smallest absolute Gasteiger partial charge is 0.270 e. The summed E-state index contributed by atoms with van der Waals surface area (Å²) in [5, 5.41) is 6.14. The van der Waals surface area contributed by atoms with E-state index in [9.17, 15) is 4.79 Å². The van der Waals surface area contributed by atoms with Crippen LogP contribution in [-0.2, 0) is 6.42 Å². The number of primary amides is 1. The van der Waals surface area contributed by atoms with Gasteiger partial charge in [-0.2, -0.15) is 0 Å². The lowest BCUT2D eigenvalue weighted by atomic mass is 10.1. The first-order valence-electron chi connectivity index (χ1n) is 8.75. The van der Waals surface area contributed by atoms with Gasteiger partial charge in [0.25, 0.3) is 5.91 Å². The van der Waals surface area contributed by atoms with Gasteiger partial charge in [0.05, 0.1) is 5.69 Å². The molecule has 0 bridgehead atoms. The van der Waals surface area contributed by atoms with E-state index in [-0.39, 0.29) is 11.7 Å². The van der Waals surface area contributed by atoms with Crippen molar-refractivity contribution in [2.75, 3.05) is 5.32 Å². The molecule has 0 radical (unpaired) electrons. The molecule has 4 aromatic rings. The van der Waals surface area contributed by atoms with Crippen LogP contribution in [0.5, 0.6) is 0 Å². The number of oxazole rings is 1. The van der Waals surface area contributed by atoms with Crippen LogP contribution in [0.15, 0.2) is 76.7 Å². The molecule has 0 saturated carbocycles. The van der Waals surface area contributed by atoms with E-state index in [0.717, 1.165) is 22.0 Å². The second-order valence-corrected chi connectivity index (χ2v) is 7.08. The van der Waals surface area contributed by atoms with E-state index in [1.807, 2.05) is 66.0 Å². The molecule has 0 aliphatic heterocycles. The van der Waals surface area contributed by atoms with Gasteiger partial charge in [-0.3, -0.25) is 4.79 Å². The van der Waals surface area contributed by atoms with E-state index in [1.165, 1.54) is 17.6 Å². The highest BCUT2D eigenvalue weighted by Crippen LogP contribution is 2.29. The van der Waals surface area contributed by atoms with Crippen LogP contribution in [-0.4, -0.2) is 15.9 Å². The fraction of sp³-hybridized carbons (Fsp3) is 0.0952. The Hall–Kier alpha value is -3.45. The summed E-state index contributed by atoms with van der Waals surface area (Å²) in [5.41, 5.74) is 8.48. The summed E-state index contributed by atoms with van der Waals surface area (Å²) >= 11 is 1.51. The van der Waals surface area contributed by atoms with Gasteiger partial charge in [0.2, 0.25) is 5.89 Å². The van der Waals surface area contributed by atoms with E-state index < -0.39 is 5.91 Å². The molecule has 4 rings (SSSR count). The zero-order chi connectivity index (χ0) is 19.3. The number of rotatable bonds is 7. The maximum atomic E-state index is 11.4. The van der Waals surface area contributed by atoms with E-state index >= 15 is 0 Å². The Morgan fingerprint density at radius 2 is 1.79 bits per heavy atom. The molecule has 2 aromatic carbocycles. The average molecular weight is 390 g/mol. The van der Waals surface area contributed by atoms with Gasteiger partial charge in [0.1, 0.15) is 12.3 Å². The predicted molar refractivity (Wildman–Crippen MR) is 109 cm³/mol. The summed E-state index contributed by atoms with van der Waals surface area (Å²) in [7, 11) is 0. The van der Waals surface area contributed by atoms with Crippen LogP contribution in [0.1, 0.15) is 28.0 Å². The number of hydrogen-bond acceptors (Lipinski definition) is 6. The summed E-state index contributed by atoms with van der Waals surface area (Å²) in [6, 6.07) is 19.7. The van der Waals surface area contributed by atoms with Crippen molar-refractivity contribution in [3.63, 3.8) is 0 Å². The number of anilines is 1. The van der Waals surface area contributed by atoms with Crippen LogP contribution in [0.4, 0.5) is 5.13 Å². The van der Waals surface area contributed by atoms with Gasteiger partial charge in [-0.05, 0) is 5.56 Å². The summed E-state index contributed by atoms with van der Waals surface area (Å²) in [5.74, 6) is -0.219. The molecule has 140 valence electrons. The molecule has 2 heterocycles. The normalized spacial score (nSPS) is 11.9. The van der Waals surface area contributed by atoms with Gasteiger partial charge < -0.3 is 15.5 Å². The summed E-state index contributed by atoms with van der Waals surface area (Å²) in [4.78, 5) is 20.3. The highest BCUT2D eigenvalue weighted by Gasteiger charge is 2.21. The number of carbonyl (C=O) groups excluding carboxylic acids is 1. The maximum absolute atomic E-state index is 11.4. The molecule has 28 heavy (non-hydrogen) atoms. The lowest BCUT2D eigenvalue weighted by Crippen LogP contribution is -2.16. The average Bonchev–Trinajstić information content (AvgIpc) is 3.39. The Morgan fingerprint density at radius 1 is 1.07 bits per heavy atom. The lowest BCUT2D eigenvalue weighted by Gasteiger charge is -2.15. The maximum Gasteiger partial charge on any atom is 0.270 e. The van der Waals surface area contributed by atoms with Crippen LogP contribution >= 0.6 is 11.3 Å². The van der Waals surface area contributed by atoms with E-state index in [4.69, 9.17) is 10.2 Å². The molecule has 7 heteroatoms. The molecule has 0 unspecified atom stereocenters. The van der Waals surface area contributed by atoms with Crippen molar-refractivity contribution in [3.8, 4) is 11.3 Å². The van der Waals surface area contributed by atoms with Gasteiger partial charge in [0, 0.05) is 17.4 Å². The van der Waals surface area contributed by atoms with Crippen LogP contribution in [0.3, 0.4) is 0 Å². The molecule has 2 aromatic heterocycles. The van der Waals surface area contributed by atoms with Crippen LogP contribution < -0.4 is 11.1 Å². The fourth-order valence-electron chi connectivity index (χ4n) is 2.84. The number of benzene rings is 2. The number of nitrogens with one attached hydrogen (secondary N) is 1. The molecule has 1 atom stereocenters. The monoisotopic (exact) mass is 390 g/mol. The van der Waals surface area contributed by atoms with Crippen LogP contribution in [0.2, 0.25) is 0 Å². The SMILES string of the molecule is NC(=O)c1coc([C@H](Cc2ccccc2)Nc2nc(-c3ccccc3)cs2)n1. The van der Waals surface area contributed by atoms with Crippen molar-refractivity contribution >= 4 is 22.4 Å². The highest BCUT2D eigenvalue weighted by atomic mass is 32.1. The molecule has 3 N–H and O–H groups in total. The predicted octanol–water partition coefficient (Wildman–Crippen LogP) is 4.29. The molecule has 6 nitrogen and oxygen atoms in total. The number of nitrogens with two attached hydrogens (primary N) is 1. The number of thiazole rings is 1. The van der Waals surface area contributed by atoms with Crippen molar-refractivity contribution in [3.05, 3.63) is 89.5 Å². The van der Waals surface area contributed by atoms with Gasteiger partial charge in [-0.1, -0.05) is 60.7 Å². The molecule has 0 saturated heterocycles. The Bertz CT molecular complexity index is 1060. The molecular weight excluding hydrogens is 372 g/mol. The summed E-state index contributed by atoms with van der Waals surface area (Å²) in [6.07, 6.45) is 1.91. The summed E-state index contributed by atoms with van der Waals surface area (Å²) in [6.45, 7) is 0. The minimum atomic E-state index is -0.617. The molecular formula is C21H18N4O2S.